The average molecular weight is 298 g/mol. The Morgan fingerprint density at radius 2 is 1.85 bits per heavy atom. The number of ether oxygens (including phenoxy) is 1. The maximum Gasteiger partial charge on any atom is 0.123 e. The molecule has 0 saturated heterocycles. The highest BCUT2D eigenvalue weighted by Gasteiger charge is 2.11. The molecule has 0 spiro atoms. The van der Waals surface area contributed by atoms with Crippen molar-refractivity contribution in [3.63, 3.8) is 0 Å². The summed E-state index contributed by atoms with van der Waals surface area (Å²) in [6.45, 7) is 12.3. The summed E-state index contributed by atoms with van der Waals surface area (Å²) >= 11 is 6.20. The van der Waals surface area contributed by atoms with Gasteiger partial charge in [0.2, 0.25) is 0 Å². The second-order valence-electron chi connectivity index (χ2n) is 5.61. The summed E-state index contributed by atoms with van der Waals surface area (Å²) in [5, 5.41) is 4.33. The van der Waals surface area contributed by atoms with E-state index in [9.17, 15) is 0 Å². The Bertz CT molecular complexity index is 414. The van der Waals surface area contributed by atoms with Crippen LogP contribution in [0.5, 0.6) is 5.75 Å². The van der Waals surface area contributed by atoms with Gasteiger partial charge >= 0.3 is 0 Å². The van der Waals surface area contributed by atoms with Crippen LogP contribution in [0, 0.1) is 6.92 Å². The van der Waals surface area contributed by atoms with E-state index in [1.54, 1.807) is 0 Å². The minimum absolute atomic E-state index is 0.412. The van der Waals surface area contributed by atoms with Gasteiger partial charge < -0.3 is 10.1 Å². The Morgan fingerprint density at radius 1 is 1.20 bits per heavy atom. The highest BCUT2D eigenvalue weighted by molar-refractivity contribution is 6.31. The van der Waals surface area contributed by atoms with E-state index in [1.807, 2.05) is 13.0 Å². The molecule has 1 aromatic rings. The highest BCUT2D eigenvalue weighted by Crippen LogP contribution is 2.31. The molecule has 0 aromatic heterocycles. The van der Waals surface area contributed by atoms with Gasteiger partial charge in [-0.05, 0) is 48.9 Å². The molecule has 3 heteroatoms. The zero-order valence-corrected chi connectivity index (χ0v) is 14.2. The van der Waals surface area contributed by atoms with Crippen LogP contribution < -0.4 is 10.1 Å². The molecule has 0 amide bonds. The Labute approximate surface area is 128 Å². The molecule has 0 unspecified atom stereocenters. The first-order valence-corrected chi connectivity index (χ1v) is 8.03. The predicted molar refractivity (Wildman–Crippen MR) is 88.1 cm³/mol. The van der Waals surface area contributed by atoms with Gasteiger partial charge in [0, 0.05) is 17.6 Å². The van der Waals surface area contributed by atoms with Crippen molar-refractivity contribution in [3.8, 4) is 5.75 Å². The molecule has 0 atom stereocenters. The first kappa shape index (κ1) is 17.3. The van der Waals surface area contributed by atoms with Crippen molar-refractivity contribution in [3.05, 3.63) is 28.3 Å². The molecule has 114 valence electrons. The van der Waals surface area contributed by atoms with E-state index in [0.717, 1.165) is 35.7 Å². The monoisotopic (exact) mass is 297 g/mol. The van der Waals surface area contributed by atoms with Gasteiger partial charge in [-0.1, -0.05) is 39.3 Å². The Morgan fingerprint density at radius 3 is 2.40 bits per heavy atom. The fourth-order valence-corrected chi connectivity index (χ4v) is 2.42. The Hall–Kier alpha value is -0.730. The zero-order chi connectivity index (χ0) is 15.1. The molecule has 20 heavy (non-hydrogen) atoms. The molecule has 0 heterocycles. The Balaban J connectivity index is 2.61. The summed E-state index contributed by atoms with van der Waals surface area (Å²) in [6, 6.07) is 4.68. The number of hydrogen-bond donors (Lipinski definition) is 1. The van der Waals surface area contributed by atoms with Crippen LogP contribution in [0.3, 0.4) is 0 Å². The largest absolute Gasteiger partial charge is 0.492 e. The summed E-state index contributed by atoms with van der Waals surface area (Å²) < 4.78 is 5.95. The van der Waals surface area contributed by atoms with Gasteiger partial charge in [0.05, 0.1) is 0 Å². The average Bonchev–Trinajstić information content (AvgIpc) is 2.42. The first-order valence-electron chi connectivity index (χ1n) is 7.65. The minimum atomic E-state index is 0.412. The summed E-state index contributed by atoms with van der Waals surface area (Å²) in [5.41, 5.74) is 2.25. The van der Waals surface area contributed by atoms with E-state index < -0.39 is 0 Å². The van der Waals surface area contributed by atoms with E-state index in [2.05, 4.69) is 39.1 Å². The minimum Gasteiger partial charge on any atom is -0.492 e. The molecule has 1 aromatic carbocycles. The summed E-state index contributed by atoms with van der Waals surface area (Å²) in [5.74, 6) is 1.38. The van der Waals surface area contributed by atoms with Crippen LogP contribution in [-0.2, 0) is 0 Å². The molecule has 0 saturated carbocycles. The number of benzene rings is 1. The number of nitrogens with one attached hydrogen (secondary N) is 1. The maximum atomic E-state index is 6.20. The number of rotatable bonds is 8. The van der Waals surface area contributed by atoms with Crippen molar-refractivity contribution in [1.29, 1.82) is 0 Å². The summed E-state index contributed by atoms with van der Waals surface area (Å²) in [6.07, 6.45) is 2.32. The fraction of sp³-hybridized carbons (Fsp3) is 0.647. The smallest absolute Gasteiger partial charge is 0.123 e. The predicted octanol–water partition coefficient (Wildman–Crippen LogP) is 4.93. The van der Waals surface area contributed by atoms with Gasteiger partial charge in [0.25, 0.3) is 0 Å². The number of aryl methyl sites for hydroxylation is 1. The fourth-order valence-electron chi connectivity index (χ4n) is 2.25. The lowest BCUT2D eigenvalue weighted by atomic mass is 10.0. The normalized spacial score (nSPS) is 11.4. The van der Waals surface area contributed by atoms with Gasteiger partial charge in [-0.15, -0.1) is 0 Å². The van der Waals surface area contributed by atoms with Crippen LogP contribution in [0.25, 0.3) is 0 Å². The molecule has 0 aliphatic heterocycles. The summed E-state index contributed by atoms with van der Waals surface area (Å²) in [7, 11) is 0. The van der Waals surface area contributed by atoms with Crippen LogP contribution in [0.1, 0.15) is 57.6 Å². The maximum absolute atomic E-state index is 6.20. The van der Waals surface area contributed by atoms with Gasteiger partial charge in [0.15, 0.2) is 0 Å². The van der Waals surface area contributed by atoms with Crippen LogP contribution in [-0.4, -0.2) is 19.2 Å². The molecule has 2 nitrogen and oxygen atoms in total. The standard InChI is InChI=1S/C17H28ClNO/c1-6-14(7-2)19-8-9-20-17-10-13(5)16(18)11-15(17)12(3)4/h10-12,14,19H,6-9H2,1-5H3. The second kappa shape index (κ2) is 8.53. The van der Waals surface area contributed by atoms with Crippen LogP contribution in [0.4, 0.5) is 0 Å². The Kier molecular flexibility index (Phi) is 7.39. The highest BCUT2D eigenvalue weighted by atomic mass is 35.5. The lowest BCUT2D eigenvalue weighted by Crippen LogP contribution is -2.31. The first-order chi connectivity index (χ1) is 9.49. The van der Waals surface area contributed by atoms with E-state index in [1.165, 1.54) is 5.56 Å². The van der Waals surface area contributed by atoms with Crippen molar-refractivity contribution in [2.45, 2.75) is 59.4 Å². The third-order valence-electron chi connectivity index (χ3n) is 3.69. The van der Waals surface area contributed by atoms with E-state index >= 15 is 0 Å². The van der Waals surface area contributed by atoms with Crippen LogP contribution >= 0.6 is 11.6 Å². The van der Waals surface area contributed by atoms with Crippen molar-refractivity contribution in [1.82, 2.24) is 5.32 Å². The SMILES string of the molecule is CCC(CC)NCCOc1cc(C)c(Cl)cc1C(C)C. The van der Waals surface area contributed by atoms with Gasteiger partial charge in [-0.2, -0.15) is 0 Å². The molecule has 0 aliphatic rings. The molecule has 0 bridgehead atoms. The summed E-state index contributed by atoms with van der Waals surface area (Å²) in [4.78, 5) is 0. The molecular formula is C17H28ClNO. The molecule has 1 rings (SSSR count). The van der Waals surface area contributed by atoms with Crippen LogP contribution in [0.2, 0.25) is 5.02 Å². The van der Waals surface area contributed by atoms with Gasteiger partial charge in [-0.25, -0.2) is 0 Å². The van der Waals surface area contributed by atoms with Gasteiger partial charge in [-0.3, -0.25) is 0 Å². The molecule has 0 radical (unpaired) electrons. The van der Waals surface area contributed by atoms with E-state index in [-0.39, 0.29) is 0 Å². The lowest BCUT2D eigenvalue weighted by molar-refractivity contribution is 0.298. The third kappa shape index (κ3) is 4.99. The van der Waals surface area contributed by atoms with Crippen molar-refractivity contribution in [2.75, 3.05) is 13.2 Å². The second-order valence-corrected chi connectivity index (χ2v) is 6.02. The molecule has 1 N–H and O–H groups in total. The topological polar surface area (TPSA) is 21.3 Å². The number of hydrogen-bond acceptors (Lipinski definition) is 2. The van der Waals surface area contributed by atoms with E-state index in [0.29, 0.717) is 18.6 Å². The number of halogens is 1. The van der Waals surface area contributed by atoms with Crippen molar-refractivity contribution >= 4 is 11.6 Å². The van der Waals surface area contributed by atoms with Gasteiger partial charge in [0.1, 0.15) is 12.4 Å². The lowest BCUT2D eigenvalue weighted by Gasteiger charge is -2.18. The van der Waals surface area contributed by atoms with Crippen molar-refractivity contribution in [2.24, 2.45) is 0 Å². The molecule has 0 fully saturated rings. The molecule has 0 aliphatic carbocycles. The van der Waals surface area contributed by atoms with Crippen molar-refractivity contribution < 1.29 is 4.74 Å². The third-order valence-corrected chi connectivity index (χ3v) is 4.10. The van der Waals surface area contributed by atoms with Crippen LogP contribution in [0.15, 0.2) is 12.1 Å². The van der Waals surface area contributed by atoms with E-state index in [4.69, 9.17) is 16.3 Å². The quantitative estimate of drug-likeness (QED) is 0.687. The molecular weight excluding hydrogens is 270 g/mol. The zero-order valence-electron chi connectivity index (χ0n) is 13.4.